The molecule has 0 N–H and O–H groups in total. The summed E-state index contributed by atoms with van der Waals surface area (Å²) in [4.78, 5) is 33.1. The molecule has 3 aromatic carbocycles. The van der Waals surface area contributed by atoms with Gasteiger partial charge in [-0.15, -0.1) is 0 Å². The zero-order chi connectivity index (χ0) is 28.1. The molecule has 2 atom stereocenters. The minimum atomic E-state index is -0.605. The number of carbonyl (C=O) groups excluding carboxylic acids is 2. The molecule has 0 saturated carbocycles. The molecule has 0 bridgehead atoms. The van der Waals surface area contributed by atoms with E-state index in [2.05, 4.69) is 36.1 Å². The zero-order valence-corrected chi connectivity index (χ0v) is 23.7. The van der Waals surface area contributed by atoms with E-state index in [1.807, 2.05) is 65.3 Å². The Morgan fingerprint density at radius 2 is 1.70 bits per heavy atom. The molecule has 1 fully saturated rings. The quantitative estimate of drug-likeness (QED) is 0.425. The Bertz CT molecular complexity index is 1320. The Morgan fingerprint density at radius 3 is 2.42 bits per heavy atom. The molecule has 0 aromatic heterocycles. The Labute approximate surface area is 237 Å². The summed E-state index contributed by atoms with van der Waals surface area (Å²) in [6, 6.07) is 23.6. The number of methoxy groups -OCH3 is 1. The van der Waals surface area contributed by atoms with E-state index in [1.54, 1.807) is 7.11 Å². The number of aryl methyl sites for hydroxylation is 1. The second-order valence-corrected chi connectivity index (χ2v) is 10.7. The van der Waals surface area contributed by atoms with Gasteiger partial charge in [0, 0.05) is 51.9 Å². The summed E-state index contributed by atoms with van der Waals surface area (Å²) in [5, 5.41) is 0. The lowest BCUT2D eigenvalue weighted by Gasteiger charge is -2.38. The van der Waals surface area contributed by atoms with Gasteiger partial charge in [-0.1, -0.05) is 54.1 Å². The van der Waals surface area contributed by atoms with E-state index in [-0.39, 0.29) is 17.9 Å². The fraction of sp³-hybridized carbons (Fsp3) is 0.394. The van der Waals surface area contributed by atoms with Crippen LogP contribution in [-0.4, -0.2) is 85.6 Å². The summed E-state index contributed by atoms with van der Waals surface area (Å²) in [7, 11) is 1.71. The van der Waals surface area contributed by atoms with Crippen molar-refractivity contribution in [3.8, 4) is 5.75 Å². The highest BCUT2D eigenvalue weighted by atomic mass is 16.5. The standard InChI is InChI=1S/C33H39N3O4/c1-24-8-7-11-28(22-24)31-30-23-29(40-25(2)32(37)35-18-16-34(17-19-35)20-21-39-3)13-12-26(30)14-15-36(31)33(38)27-9-5-4-6-10-27/h4-13,22-23,25,31H,14-21H2,1-3H3/t25-,31-/m1/s1. The number of fused-ring (bicyclic) bond motifs is 1. The lowest BCUT2D eigenvalue weighted by Crippen LogP contribution is -2.52. The molecule has 2 aliphatic heterocycles. The van der Waals surface area contributed by atoms with Gasteiger partial charge < -0.3 is 19.3 Å². The van der Waals surface area contributed by atoms with Gasteiger partial charge in [-0.25, -0.2) is 0 Å². The van der Waals surface area contributed by atoms with Crippen LogP contribution in [0.15, 0.2) is 72.8 Å². The van der Waals surface area contributed by atoms with Crippen LogP contribution in [0.25, 0.3) is 0 Å². The molecule has 7 nitrogen and oxygen atoms in total. The predicted octanol–water partition coefficient (Wildman–Crippen LogP) is 4.34. The fourth-order valence-electron chi connectivity index (χ4n) is 5.76. The summed E-state index contributed by atoms with van der Waals surface area (Å²) in [5.41, 5.74) is 5.13. The van der Waals surface area contributed by atoms with Gasteiger partial charge in [0.15, 0.2) is 6.10 Å². The number of ether oxygens (including phenoxy) is 2. The third kappa shape index (κ3) is 6.21. The maximum Gasteiger partial charge on any atom is 0.263 e. The van der Waals surface area contributed by atoms with Crippen LogP contribution < -0.4 is 4.74 Å². The van der Waals surface area contributed by atoms with Crippen LogP contribution in [-0.2, 0) is 16.0 Å². The molecule has 0 aliphatic carbocycles. The lowest BCUT2D eigenvalue weighted by molar-refractivity contribution is -0.139. The number of hydrogen-bond donors (Lipinski definition) is 0. The van der Waals surface area contributed by atoms with E-state index >= 15 is 0 Å². The molecule has 2 heterocycles. The Balaban J connectivity index is 1.37. The van der Waals surface area contributed by atoms with Gasteiger partial charge in [0.25, 0.3) is 11.8 Å². The molecule has 5 rings (SSSR count). The van der Waals surface area contributed by atoms with Crippen LogP contribution in [0.1, 0.15) is 45.6 Å². The van der Waals surface area contributed by atoms with Gasteiger partial charge in [0.2, 0.25) is 0 Å². The molecule has 210 valence electrons. The molecule has 2 amide bonds. The minimum Gasteiger partial charge on any atom is -0.481 e. The molecule has 7 heteroatoms. The first kappa shape index (κ1) is 27.9. The van der Waals surface area contributed by atoms with Crippen molar-refractivity contribution in [1.29, 1.82) is 0 Å². The second kappa shape index (κ2) is 12.7. The van der Waals surface area contributed by atoms with E-state index in [9.17, 15) is 9.59 Å². The summed E-state index contributed by atoms with van der Waals surface area (Å²) in [6.45, 7) is 9.15. The zero-order valence-electron chi connectivity index (χ0n) is 23.7. The van der Waals surface area contributed by atoms with Crippen molar-refractivity contribution < 1.29 is 19.1 Å². The predicted molar refractivity (Wildman–Crippen MR) is 156 cm³/mol. The van der Waals surface area contributed by atoms with Crippen molar-refractivity contribution in [1.82, 2.24) is 14.7 Å². The van der Waals surface area contributed by atoms with Crippen molar-refractivity contribution in [2.75, 3.05) is 53.0 Å². The van der Waals surface area contributed by atoms with E-state index in [1.165, 1.54) is 5.56 Å². The summed E-state index contributed by atoms with van der Waals surface area (Å²) in [6.07, 6.45) is 0.157. The highest BCUT2D eigenvalue weighted by molar-refractivity contribution is 5.95. The third-order valence-electron chi connectivity index (χ3n) is 7.94. The number of piperazine rings is 1. The molecule has 0 spiro atoms. The van der Waals surface area contributed by atoms with Crippen molar-refractivity contribution in [3.63, 3.8) is 0 Å². The van der Waals surface area contributed by atoms with Crippen LogP contribution in [0, 0.1) is 6.92 Å². The van der Waals surface area contributed by atoms with Crippen molar-refractivity contribution >= 4 is 11.8 Å². The Hall–Kier alpha value is -3.68. The van der Waals surface area contributed by atoms with Crippen LogP contribution in [0.5, 0.6) is 5.75 Å². The van der Waals surface area contributed by atoms with Gasteiger partial charge in [-0.2, -0.15) is 0 Å². The van der Waals surface area contributed by atoms with Crippen molar-refractivity contribution in [2.45, 2.75) is 32.4 Å². The molecule has 0 unspecified atom stereocenters. The number of carbonyl (C=O) groups is 2. The van der Waals surface area contributed by atoms with Crippen LogP contribution in [0.3, 0.4) is 0 Å². The topological polar surface area (TPSA) is 62.3 Å². The van der Waals surface area contributed by atoms with Gasteiger partial charge >= 0.3 is 0 Å². The first-order valence-corrected chi connectivity index (χ1v) is 14.2. The molecule has 3 aromatic rings. The first-order chi connectivity index (χ1) is 19.4. The highest BCUT2D eigenvalue weighted by Crippen LogP contribution is 2.38. The normalized spacial score (nSPS) is 18.2. The minimum absolute atomic E-state index is 0.000211. The first-order valence-electron chi connectivity index (χ1n) is 14.2. The third-order valence-corrected chi connectivity index (χ3v) is 7.94. The smallest absolute Gasteiger partial charge is 0.263 e. The van der Waals surface area contributed by atoms with Gasteiger partial charge in [-0.3, -0.25) is 14.5 Å². The number of rotatable bonds is 8. The fourth-order valence-corrected chi connectivity index (χ4v) is 5.76. The Kier molecular flexibility index (Phi) is 8.82. The number of benzene rings is 3. The average Bonchev–Trinajstić information content (AvgIpc) is 2.99. The maximum atomic E-state index is 13.7. The highest BCUT2D eigenvalue weighted by Gasteiger charge is 2.33. The van der Waals surface area contributed by atoms with Gasteiger partial charge in [-0.05, 0) is 61.2 Å². The lowest BCUT2D eigenvalue weighted by atomic mass is 9.87. The molecular weight excluding hydrogens is 502 g/mol. The molecular formula is C33H39N3O4. The van der Waals surface area contributed by atoms with Gasteiger partial charge in [0.1, 0.15) is 5.75 Å². The van der Waals surface area contributed by atoms with Crippen LogP contribution in [0.4, 0.5) is 0 Å². The monoisotopic (exact) mass is 541 g/mol. The number of nitrogens with zero attached hydrogens (tertiary/aromatic N) is 3. The maximum absolute atomic E-state index is 13.7. The van der Waals surface area contributed by atoms with Crippen molar-refractivity contribution in [2.24, 2.45) is 0 Å². The Morgan fingerprint density at radius 1 is 0.925 bits per heavy atom. The van der Waals surface area contributed by atoms with E-state index in [0.717, 1.165) is 42.7 Å². The molecule has 2 aliphatic rings. The summed E-state index contributed by atoms with van der Waals surface area (Å²) in [5.74, 6) is 0.655. The average molecular weight is 542 g/mol. The summed E-state index contributed by atoms with van der Waals surface area (Å²) < 4.78 is 11.4. The van der Waals surface area contributed by atoms with E-state index < -0.39 is 6.10 Å². The molecule has 1 saturated heterocycles. The second-order valence-electron chi connectivity index (χ2n) is 10.7. The summed E-state index contributed by atoms with van der Waals surface area (Å²) >= 11 is 0. The SMILES string of the molecule is COCCN1CCN(C(=O)[C@@H](C)Oc2ccc3c(c2)[C@@H](c2cccc(C)c2)N(C(=O)c2ccccc2)CC3)CC1. The van der Waals surface area contributed by atoms with Gasteiger partial charge in [0.05, 0.1) is 12.6 Å². The van der Waals surface area contributed by atoms with Crippen molar-refractivity contribution in [3.05, 3.63) is 101 Å². The number of hydrogen-bond acceptors (Lipinski definition) is 5. The molecule has 0 radical (unpaired) electrons. The van der Waals surface area contributed by atoms with Crippen LogP contribution in [0.2, 0.25) is 0 Å². The van der Waals surface area contributed by atoms with E-state index in [0.29, 0.717) is 37.6 Å². The largest absolute Gasteiger partial charge is 0.481 e. The number of amides is 2. The van der Waals surface area contributed by atoms with E-state index in [4.69, 9.17) is 9.47 Å². The van der Waals surface area contributed by atoms with Crippen LogP contribution >= 0.6 is 0 Å². The molecule has 40 heavy (non-hydrogen) atoms.